The van der Waals surface area contributed by atoms with Crippen molar-refractivity contribution in [3.63, 3.8) is 0 Å². The summed E-state index contributed by atoms with van der Waals surface area (Å²) in [6, 6.07) is 13.8. The van der Waals surface area contributed by atoms with E-state index in [4.69, 9.17) is 9.94 Å². The summed E-state index contributed by atoms with van der Waals surface area (Å²) in [5.74, 6) is 0.207. The van der Waals surface area contributed by atoms with Crippen LogP contribution >= 0.6 is 0 Å². The molecule has 31 heavy (non-hydrogen) atoms. The molecule has 2 aromatic carbocycles. The molecular weight excluding hydrogens is 394 g/mol. The first-order valence-corrected chi connectivity index (χ1v) is 10.7. The zero-order valence-corrected chi connectivity index (χ0v) is 18.4. The predicted molar refractivity (Wildman–Crippen MR) is 122 cm³/mol. The summed E-state index contributed by atoms with van der Waals surface area (Å²) >= 11 is 0. The van der Waals surface area contributed by atoms with Crippen molar-refractivity contribution in [3.05, 3.63) is 54.1 Å². The smallest absolute Gasteiger partial charge is 0.250 e. The van der Waals surface area contributed by atoms with E-state index in [0.717, 1.165) is 35.9 Å². The second-order valence-electron chi connectivity index (χ2n) is 7.69. The molecule has 0 fully saturated rings. The monoisotopic (exact) mass is 427 g/mol. The lowest BCUT2D eigenvalue weighted by atomic mass is 10.1. The van der Waals surface area contributed by atoms with E-state index < -0.39 is 5.91 Å². The van der Waals surface area contributed by atoms with Gasteiger partial charge in [-0.3, -0.25) is 14.8 Å². The number of hydrogen-bond acceptors (Lipinski definition) is 5. The van der Waals surface area contributed by atoms with Crippen molar-refractivity contribution in [1.82, 2.24) is 15.7 Å². The molecule has 7 heteroatoms. The molecule has 0 aliphatic heterocycles. The Kier molecular flexibility index (Phi) is 10.5. The van der Waals surface area contributed by atoms with E-state index in [-0.39, 0.29) is 18.9 Å². The van der Waals surface area contributed by atoms with E-state index in [1.807, 2.05) is 62.6 Å². The van der Waals surface area contributed by atoms with E-state index in [9.17, 15) is 9.59 Å². The Morgan fingerprint density at radius 3 is 2.61 bits per heavy atom. The Labute approximate surface area is 184 Å². The lowest BCUT2D eigenvalue weighted by Crippen LogP contribution is -2.30. The molecule has 2 rings (SSSR count). The van der Waals surface area contributed by atoms with Gasteiger partial charge in [0.05, 0.1) is 5.57 Å². The second-order valence-corrected chi connectivity index (χ2v) is 7.69. The summed E-state index contributed by atoms with van der Waals surface area (Å²) in [7, 11) is 4.00. The lowest BCUT2D eigenvalue weighted by Gasteiger charge is -2.14. The normalized spacial score (nSPS) is 11.5. The molecule has 0 bridgehead atoms. The number of ether oxygens (including phenoxy) is 1. The van der Waals surface area contributed by atoms with Gasteiger partial charge in [0.2, 0.25) is 11.8 Å². The molecule has 168 valence electrons. The number of nitrogens with zero attached hydrogens (tertiary/aromatic N) is 1. The number of nitrogens with one attached hydrogen (secondary N) is 2. The van der Waals surface area contributed by atoms with Gasteiger partial charge >= 0.3 is 0 Å². The van der Waals surface area contributed by atoms with Gasteiger partial charge in [0.15, 0.2) is 0 Å². The van der Waals surface area contributed by atoms with Gasteiger partial charge in [-0.2, -0.15) is 0 Å². The van der Waals surface area contributed by atoms with Gasteiger partial charge in [-0.15, -0.1) is 0 Å². The first kappa shape index (κ1) is 24.4. The minimum atomic E-state index is -0.401. The Morgan fingerprint density at radius 1 is 1.06 bits per heavy atom. The van der Waals surface area contributed by atoms with Crippen LogP contribution in [0.3, 0.4) is 0 Å². The maximum atomic E-state index is 12.7. The fraction of sp³-hybridized carbons (Fsp3) is 0.417. The van der Waals surface area contributed by atoms with Crippen molar-refractivity contribution in [3.8, 4) is 5.75 Å². The number of hydroxylamine groups is 1. The number of carbonyl (C=O) groups excluding carboxylic acids is 2. The highest BCUT2D eigenvalue weighted by Gasteiger charge is 2.11. The number of unbranched alkanes of at least 4 members (excludes halogenated alkanes) is 2. The number of amides is 2. The van der Waals surface area contributed by atoms with Crippen LogP contribution < -0.4 is 15.5 Å². The number of hydrogen-bond donors (Lipinski definition) is 3. The van der Waals surface area contributed by atoms with E-state index in [2.05, 4.69) is 10.2 Å². The summed E-state index contributed by atoms with van der Waals surface area (Å²) in [5, 5.41) is 13.6. The fourth-order valence-electron chi connectivity index (χ4n) is 3.17. The van der Waals surface area contributed by atoms with Gasteiger partial charge in [0.25, 0.3) is 0 Å². The molecule has 0 aliphatic carbocycles. The zero-order valence-electron chi connectivity index (χ0n) is 18.4. The molecule has 3 N–H and O–H groups in total. The topological polar surface area (TPSA) is 90.9 Å². The van der Waals surface area contributed by atoms with Crippen molar-refractivity contribution in [2.45, 2.75) is 32.1 Å². The van der Waals surface area contributed by atoms with Crippen LogP contribution in [0.25, 0.3) is 10.8 Å². The Bertz CT molecular complexity index is 875. The standard InChI is InChI=1S/C24H33N3O4/c1-27(2)17-9-16-25-24(29)20(11-4-3-5-15-23(28)26-30)18-31-22-14-8-12-19-10-6-7-13-21(19)22/h6-8,10-14,30H,3-5,9,15-18H2,1-2H3,(H,25,29)(H,26,28). The van der Waals surface area contributed by atoms with Crippen LogP contribution in [0.2, 0.25) is 0 Å². The molecule has 2 amide bonds. The summed E-state index contributed by atoms with van der Waals surface area (Å²) in [4.78, 5) is 25.9. The minimum absolute atomic E-state index is 0.132. The highest BCUT2D eigenvalue weighted by atomic mass is 16.5. The van der Waals surface area contributed by atoms with E-state index in [0.29, 0.717) is 25.0 Å². The first-order valence-electron chi connectivity index (χ1n) is 10.7. The van der Waals surface area contributed by atoms with E-state index in [1.165, 1.54) is 0 Å². The molecule has 2 aromatic rings. The van der Waals surface area contributed by atoms with Gasteiger partial charge in [0.1, 0.15) is 12.4 Å². The third kappa shape index (κ3) is 8.78. The van der Waals surface area contributed by atoms with Crippen molar-refractivity contribution in [2.24, 2.45) is 0 Å². The average Bonchev–Trinajstić information content (AvgIpc) is 2.78. The molecule has 0 unspecified atom stereocenters. The quantitative estimate of drug-likeness (QED) is 0.198. The van der Waals surface area contributed by atoms with Gasteiger partial charge < -0.3 is 15.0 Å². The fourth-order valence-corrected chi connectivity index (χ4v) is 3.17. The third-order valence-electron chi connectivity index (χ3n) is 4.87. The minimum Gasteiger partial charge on any atom is -0.488 e. The number of rotatable bonds is 13. The highest BCUT2D eigenvalue weighted by Crippen LogP contribution is 2.25. The zero-order chi connectivity index (χ0) is 22.5. The molecule has 0 aromatic heterocycles. The highest BCUT2D eigenvalue weighted by molar-refractivity contribution is 5.94. The van der Waals surface area contributed by atoms with Crippen LogP contribution in [0.1, 0.15) is 32.1 Å². The molecule has 0 saturated carbocycles. The van der Waals surface area contributed by atoms with Gasteiger partial charge in [-0.25, -0.2) is 5.48 Å². The summed E-state index contributed by atoms with van der Waals surface area (Å²) in [5.41, 5.74) is 2.20. The Hall–Kier alpha value is -2.90. The molecule has 0 atom stereocenters. The first-order chi connectivity index (χ1) is 15.0. The Morgan fingerprint density at radius 2 is 1.84 bits per heavy atom. The van der Waals surface area contributed by atoms with Gasteiger partial charge in [0, 0.05) is 18.4 Å². The van der Waals surface area contributed by atoms with Gasteiger partial charge in [-0.05, 0) is 57.8 Å². The second kappa shape index (κ2) is 13.4. The van der Waals surface area contributed by atoms with Crippen molar-refractivity contribution < 1.29 is 19.5 Å². The molecule has 7 nitrogen and oxygen atoms in total. The van der Waals surface area contributed by atoms with Gasteiger partial charge in [-0.1, -0.05) is 42.5 Å². The van der Waals surface area contributed by atoms with Crippen LogP contribution in [-0.2, 0) is 9.59 Å². The average molecular weight is 428 g/mol. The largest absolute Gasteiger partial charge is 0.488 e. The van der Waals surface area contributed by atoms with E-state index in [1.54, 1.807) is 5.48 Å². The van der Waals surface area contributed by atoms with Crippen LogP contribution in [0, 0.1) is 0 Å². The van der Waals surface area contributed by atoms with Crippen molar-refractivity contribution >= 4 is 22.6 Å². The summed E-state index contributed by atoms with van der Waals surface area (Å²) in [6.45, 7) is 1.67. The maximum absolute atomic E-state index is 12.7. The van der Waals surface area contributed by atoms with Crippen LogP contribution in [0.5, 0.6) is 5.75 Å². The lowest BCUT2D eigenvalue weighted by molar-refractivity contribution is -0.129. The number of fused-ring (bicyclic) bond motifs is 1. The maximum Gasteiger partial charge on any atom is 0.250 e. The summed E-state index contributed by atoms with van der Waals surface area (Å²) < 4.78 is 6.03. The molecule has 0 spiro atoms. The van der Waals surface area contributed by atoms with Crippen molar-refractivity contribution in [2.75, 3.05) is 33.8 Å². The predicted octanol–water partition coefficient (Wildman–Crippen LogP) is 3.28. The van der Waals surface area contributed by atoms with E-state index >= 15 is 0 Å². The number of allylic oxidation sites excluding steroid dienone is 1. The van der Waals surface area contributed by atoms with Crippen LogP contribution in [0.15, 0.2) is 54.1 Å². The summed E-state index contributed by atoms with van der Waals surface area (Å²) in [6.07, 6.45) is 5.01. The molecule has 0 radical (unpaired) electrons. The SMILES string of the molecule is CN(C)CCCNC(=O)C(=CCCCCC(=O)NO)COc1cccc2ccccc12. The molecule has 0 saturated heterocycles. The van der Waals surface area contributed by atoms with Crippen molar-refractivity contribution in [1.29, 1.82) is 0 Å². The molecule has 0 heterocycles. The molecular formula is C24H33N3O4. The van der Waals surface area contributed by atoms with Crippen LogP contribution in [0.4, 0.5) is 0 Å². The number of carbonyl (C=O) groups is 2. The van der Waals surface area contributed by atoms with Crippen LogP contribution in [-0.4, -0.2) is 55.7 Å². The number of benzene rings is 2. The Balaban J connectivity index is 1.99. The molecule has 0 aliphatic rings. The third-order valence-corrected chi connectivity index (χ3v) is 4.87.